The largest absolute Gasteiger partial charge is 0.352 e. The van der Waals surface area contributed by atoms with Crippen molar-refractivity contribution in [2.75, 3.05) is 34.2 Å². The normalized spacial score (nSPS) is 19.5. The number of rotatable bonds is 4. The smallest absolute Gasteiger partial charge is 0.193 e. The van der Waals surface area contributed by atoms with Crippen LogP contribution in [0.25, 0.3) is 0 Å². The summed E-state index contributed by atoms with van der Waals surface area (Å²) in [6.45, 7) is 4.17. The molecule has 0 aromatic heterocycles. The van der Waals surface area contributed by atoms with Crippen LogP contribution in [0.15, 0.2) is 29.3 Å². The summed E-state index contributed by atoms with van der Waals surface area (Å²) >= 11 is 0. The van der Waals surface area contributed by atoms with Crippen LogP contribution in [-0.2, 0) is 13.1 Å². The highest BCUT2D eigenvalue weighted by atomic mass is 127. The molecule has 1 N–H and O–H groups in total. The number of nitrogens with one attached hydrogen (secondary N) is 1. The van der Waals surface area contributed by atoms with Gasteiger partial charge in [0.25, 0.3) is 0 Å². The van der Waals surface area contributed by atoms with Gasteiger partial charge in [0.15, 0.2) is 5.96 Å². The molecule has 1 heterocycles. The van der Waals surface area contributed by atoms with Crippen molar-refractivity contribution < 1.29 is 0 Å². The molecule has 5 heteroatoms. The Balaban J connectivity index is 0.00000225. The Morgan fingerprint density at radius 3 is 2.60 bits per heavy atom. The maximum atomic E-state index is 4.53. The standard InChI is InChI=1S/C20H32N4.HI/c1-21-19(24-12-11-20(16-24)9-4-5-10-20)22-14-17-7-6-8-18(13-17)15-23(2)3;/h6-8,13H,4-5,9-12,14-16H2,1-3H3,(H,21,22);1H. The first-order chi connectivity index (χ1) is 11.6. The summed E-state index contributed by atoms with van der Waals surface area (Å²) in [6, 6.07) is 8.84. The molecular weight excluding hydrogens is 423 g/mol. The third-order valence-corrected chi connectivity index (χ3v) is 5.55. The highest BCUT2D eigenvalue weighted by Crippen LogP contribution is 2.45. The number of nitrogens with zero attached hydrogens (tertiary/aromatic N) is 3. The zero-order chi connectivity index (χ0) is 17.0. The van der Waals surface area contributed by atoms with Crippen LogP contribution in [-0.4, -0.2) is 50.0 Å². The van der Waals surface area contributed by atoms with E-state index in [1.54, 1.807) is 0 Å². The predicted octanol–water partition coefficient (Wildman–Crippen LogP) is 3.71. The summed E-state index contributed by atoms with van der Waals surface area (Å²) in [5.74, 6) is 1.07. The van der Waals surface area contributed by atoms with Crippen molar-refractivity contribution in [2.24, 2.45) is 10.4 Å². The van der Waals surface area contributed by atoms with Crippen LogP contribution >= 0.6 is 24.0 Å². The van der Waals surface area contributed by atoms with Gasteiger partial charge in [0, 0.05) is 33.2 Å². The fourth-order valence-electron chi connectivity index (χ4n) is 4.37. The fourth-order valence-corrected chi connectivity index (χ4v) is 4.37. The van der Waals surface area contributed by atoms with E-state index in [0.29, 0.717) is 5.41 Å². The third-order valence-electron chi connectivity index (χ3n) is 5.55. The molecular formula is C20H33IN4. The van der Waals surface area contributed by atoms with Gasteiger partial charge in [-0.2, -0.15) is 0 Å². The van der Waals surface area contributed by atoms with Crippen molar-refractivity contribution in [2.45, 2.75) is 45.2 Å². The summed E-state index contributed by atoms with van der Waals surface area (Å²) in [6.07, 6.45) is 6.99. The number of guanidine groups is 1. The minimum absolute atomic E-state index is 0. The predicted molar refractivity (Wildman–Crippen MR) is 117 cm³/mol. The van der Waals surface area contributed by atoms with E-state index in [2.05, 4.69) is 58.5 Å². The molecule has 0 unspecified atom stereocenters. The molecule has 25 heavy (non-hydrogen) atoms. The number of likely N-dealkylation sites (tertiary alicyclic amines) is 1. The van der Waals surface area contributed by atoms with Crippen molar-refractivity contribution in [3.63, 3.8) is 0 Å². The van der Waals surface area contributed by atoms with Gasteiger partial charge < -0.3 is 15.1 Å². The Hall–Kier alpha value is -0.820. The van der Waals surface area contributed by atoms with E-state index < -0.39 is 0 Å². The molecule has 1 saturated heterocycles. The fraction of sp³-hybridized carbons (Fsp3) is 0.650. The highest BCUT2D eigenvalue weighted by Gasteiger charge is 2.40. The summed E-state index contributed by atoms with van der Waals surface area (Å²) in [5, 5.41) is 3.58. The van der Waals surface area contributed by atoms with Gasteiger partial charge in [0.2, 0.25) is 0 Å². The quantitative estimate of drug-likeness (QED) is 0.426. The SMILES string of the molecule is CN=C(NCc1cccc(CN(C)C)c1)N1CCC2(CCCC2)C1.I. The maximum Gasteiger partial charge on any atom is 0.193 e. The molecule has 0 atom stereocenters. The van der Waals surface area contributed by atoms with E-state index in [1.165, 1.54) is 49.8 Å². The van der Waals surface area contributed by atoms with Gasteiger partial charge in [-0.15, -0.1) is 24.0 Å². The lowest BCUT2D eigenvalue weighted by Crippen LogP contribution is -2.40. The summed E-state index contributed by atoms with van der Waals surface area (Å²) < 4.78 is 0. The lowest BCUT2D eigenvalue weighted by atomic mass is 9.86. The van der Waals surface area contributed by atoms with Crippen molar-refractivity contribution in [1.82, 2.24) is 15.1 Å². The number of benzene rings is 1. The molecule has 140 valence electrons. The average Bonchev–Trinajstić information content (AvgIpc) is 3.18. The first-order valence-electron chi connectivity index (χ1n) is 9.28. The number of aliphatic imine (C=N–C) groups is 1. The zero-order valence-corrected chi connectivity index (χ0v) is 18.3. The molecule has 1 saturated carbocycles. The van der Waals surface area contributed by atoms with Crippen molar-refractivity contribution >= 4 is 29.9 Å². The molecule has 0 radical (unpaired) electrons. The second-order valence-corrected chi connectivity index (χ2v) is 7.84. The van der Waals surface area contributed by atoms with E-state index in [1.807, 2.05) is 7.05 Å². The number of hydrogen-bond donors (Lipinski definition) is 1. The van der Waals surface area contributed by atoms with E-state index >= 15 is 0 Å². The first-order valence-corrected chi connectivity index (χ1v) is 9.28. The van der Waals surface area contributed by atoms with Crippen LogP contribution in [0.2, 0.25) is 0 Å². The van der Waals surface area contributed by atoms with Gasteiger partial charge in [-0.3, -0.25) is 4.99 Å². The van der Waals surface area contributed by atoms with E-state index in [4.69, 9.17) is 0 Å². The molecule has 2 fully saturated rings. The molecule has 3 rings (SSSR count). The van der Waals surface area contributed by atoms with Crippen LogP contribution < -0.4 is 5.32 Å². The van der Waals surface area contributed by atoms with Crippen molar-refractivity contribution in [1.29, 1.82) is 0 Å². The lowest BCUT2D eigenvalue weighted by Gasteiger charge is -2.26. The monoisotopic (exact) mass is 456 g/mol. The van der Waals surface area contributed by atoms with Crippen molar-refractivity contribution in [3.8, 4) is 0 Å². The lowest BCUT2D eigenvalue weighted by molar-refractivity contribution is 0.309. The van der Waals surface area contributed by atoms with Crippen LogP contribution in [0.3, 0.4) is 0 Å². The second kappa shape index (κ2) is 9.21. The minimum Gasteiger partial charge on any atom is -0.352 e. The van der Waals surface area contributed by atoms with E-state index in [9.17, 15) is 0 Å². The molecule has 2 aliphatic rings. The van der Waals surface area contributed by atoms with E-state index in [0.717, 1.165) is 25.6 Å². The van der Waals surface area contributed by atoms with Gasteiger partial charge >= 0.3 is 0 Å². The highest BCUT2D eigenvalue weighted by molar-refractivity contribution is 14.0. The van der Waals surface area contributed by atoms with Gasteiger partial charge in [-0.25, -0.2) is 0 Å². The molecule has 1 aliphatic heterocycles. The third kappa shape index (κ3) is 5.33. The Labute approximate surface area is 170 Å². The average molecular weight is 456 g/mol. The topological polar surface area (TPSA) is 30.9 Å². The number of hydrogen-bond acceptors (Lipinski definition) is 2. The zero-order valence-electron chi connectivity index (χ0n) is 15.9. The number of halogens is 1. The van der Waals surface area contributed by atoms with E-state index in [-0.39, 0.29) is 24.0 Å². The molecule has 1 spiro atoms. The summed E-state index contributed by atoms with van der Waals surface area (Å²) in [7, 11) is 6.13. The Kier molecular flexibility index (Phi) is 7.55. The molecule has 4 nitrogen and oxygen atoms in total. The van der Waals surface area contributed by atoms with Gasteiger partial charge in [0.1, 0.15) is 0 Å². The Morgan fingerprint density at radius 1 is 1.20 bits per heavy atom. The Bertz CT molecular complexity index is 579. The molecule has 1 aromatic rings. The van der Waals surface area contributed by atoms with Gasteiger partial charge in [-0.05, 0) is 49.9 Å². The van der Waals surface area contributed by atoms with Crippen LogP contribution in [0.4, 0.5) is 0 Å². The van der Waals surface area contributed by atoms with Crippen molar-refractivity contribution in [3.05, 3.63) is 35.4 Å². The minimum atomic E-state index is 0. The second-order valence-electron chi connectivity index (χ2n) is 7.84. The van der Waals surface area contributed by atoms with Gasteiger partial charge in [-0.1, -0.05) is 37.1 Å². The summed E-state index contributed by atoms with van der Waals surface area (Å²) in [4.78, 5) is 9.21. The van der Waals surface area contributed by atoms with Crippen LogP contribution in [0.5, 0.6) is 0 Å². The summed E-state index contributed by atoms with van der Waals surface area (Å²) in [5.41, 5.74) is 3.27. The van der Waals surface area contributed by atoms with Crippen LogP contribution in [0.1, 0.15) is 43.2 Å². The molecule has 1 aliphatic carbocycles. The Morgan fingerprint density at radius 2 is 1.92 bits per heavy atom. The molecule has 0 bridgehead atoms. The van der Waals surface area contributed by atoms with Crippen LogP contribution in [0, 0.1) is 5.41 Å². The molecule has 0 amide bonds. The van der Waals surface area contributed by atoms with Gasteiger partial charge in [0.05, 0.1) is 0 Å². The maximum absolute atomic E-state index is 4.53. The first kappa shape index (κ1) is 20.5. The molecule has 1 aromatic carbocycles.